The number of likely N-dealkylation sites (N-methyl/N-ethyl adjacent to an activating group) is 2. The summed E-state index contributed by atoms with van der Waals surface area (Å²) >= 11 is 12.6. The third kappa shape index (κ3) is 3.30. The molecule has 0 radical (unpaired) electrons. The molecule has 2 atom stereocenters. The smallest absolute Gasteiger partial charge is 0.170 e. The maximum atomic E-state index is 6.91. The monoisotopic (exact) mass is 426 g/mol. The van der Waals surface area contributed by atoms with Crippen LogP contribution in [0.15, 0.2) is 42.6 Å². The molecule has 6 heteroatoms. The van der Waals surface area contributed by atoms with E-state index in [1.54, 1.807) is 0 Å². The van der Waals surface area contributed by atoms with Gasteiger partial charge in [-0.05, 0) is 75.3 Å². The molecular weight excluding hydrogens is 400 g/mol. The van der Waals surface area contributed by atoms with E-state index >= 15 is 0 Å². The van der Waals surface area contributed by atoms with Crippen molar-refractivity contribution in [2.24, 2.45) is 0 Å². The van der Waals surface area contributed by atoms with E-state index in [1.807, 2.05) is 24.4 Å². The number of allylic oxidation sites excluding steroid dienone is 1. The van der Waals surface area contributed by atoms with Crippen molar-refractivity contribution in [3.63, 3.8) is 0 Å². The Morgan fingerprint density at radius 3 is 2.69 bits per heavy atom. The summed E-state index contributed by atoms with van der Waals surface area (Å²) in [6.07, 6.45) is 4.14. The van der Waals surface area contributed by atoms with Crippen molar-refractivity contribution in [1.82, 2.24) is 15.2 Å². The highest BCUT2D eigenvalue weighted by Gasteiger charge is 2.41. The second-order valence-electron chi connectivity index (χ2n) is 8.34. The van der Waals surface area contributed by atoms with E-state index in [4.69, 9.17) is 23.8 Å². The number of nitrogens with one attached hydrogen (secondary N) is 1. The highest BCUT2D eigenvalue weighted by molar-refractivity contribution is 7.80. The number of fused-ring (bicyclic) bond motifs is 1. The van der Waals surface area contributed by atoms with Crippen molar-refractivity contribution in [2.75, 3.05) is 18.5 Å². The minimum Gasteiger partial charge on any atom is -0.365 e. The average molecular weight is 427 g/mol. The minimum atomic E-state index is -0.0512. The lowest BCUT2D eigenvalue weighted by Crippen LogP contribution is -2.42. The SMILES string of the molecule is CCN1C(=S)N[C@H](c2ccccn2)[C@@H]1c1cc2c(cc1Cl)N(C)C(C)(C)C=C2C. The van der Waals surface area contributed by atoms with Crippen LogP contribution in [0.25, 0.3) is 5.57 Å². The van der Waals surface area contributed by atoms with Crippen LogP contribution in [0, 0.1) is 0 Å². The molecule has 0 bridgehead atoms. The Balaban J connectivity index is 1.86. The summed E-state index contributed by atoms with van der Waals surface area (Å²) in [7, 11) is 2.12. The molecule has 29 heavy (non-hydrogen) atoms. The number of pyridine rings is 1. The van der Waals surface area contributed by atoms with Gasteiger partial charge in [-0.3, -0.25) is 4.98 Å². The molecule has 2 aliphatic rings. The van der Waals surface area contributed by atoms with Crippen molar-refractivity contribution in [2.45, 2.75) is 45.3 Å². The van der Waals surface area contributed by atoms with E-state index < -0.39 is 0 Å². The summed E-state index contributed by atoms with van der Waals surface area (Å²) < 4.78 is 0. The van der Waals surface area contributed by atoms with Crippen molar-refractivity contribution in [3.05, 3.63) is 64.4 Å². The Hall–Kier alpha value is -2.11. The summed E-state index contributed by atoms with van der Waals surface area (Å²) in [6.45, 7) is 9.54. The Morgan fingerprint density at radius 2 is 2.03 bits per heavy atom. The van der Waals surface area contributed by atoms with Gasteiger partial charge in [-0.25, -0.2) is 0 Å². The molecule has 1 N–H and O–H groups in total. The molecular formula is C23H27ClN4S. The summed E-state index contributed by atoms with van der Waals surface area (Å²) in [5.41, 5.74) is 5.65. The molecule has 1 saturated heterocycles. The third-order valence-electron chi connectivity index (χ3n) is 6.19. The molecule has 1 aromatic carbocycles. The van der Waals surface area contributed by atoms with Crippen LogP contribution in [0.5, 0.6) is 0 Å². The van der Waals surface area contributed by atoms with Gasteiger partial charge in [-0.15, -0.1) is 0 Å². The zero-order valence-electron chi connectivity index (χ0n) is 17.5. The van der Waals surface area contributed by atoms with Crippen LogP contribution in [0.4, 0.5) is 5.69 Å². The lowest BCUT2D eigenvalue weighted by Gasteiger charge is -2.41. The van der Waals surface area contributed by atoms with Gasteiger partial charge >= 0.3 is 0 Å². The molecule has 0 spiro atoms. The van der Waals surface area contributed by atoms with Gasteiger partial charge < -0.3 is 15.1 Å². The second kappa shape index (κ2) is 7.29. The van der Waals surface area contributed by atoms with E-state index in [9.17, 15) is 0 Å². The van der Waals surface area contributed by atoms with E-state index in [1.165, 1.54) is 11.1 Å². The maximum absolute atomic E-state index is 6.91. The predicted octanol–water partition coefficient (Wildman–Crippen LogP) is 5.36. The molecule has 3 heterocycles. The number of benzene rings is 1. The van der Waals surface area contributed by atoms with Crippen molar-refractivity contribution >= 4 is 40.2 Å². The number of anilines is 1. The lowest BCUT2D eigenvalue weighted by molar-refractivity contribution is 0.331. The standard InChI is InChI=1S/C23H27ClN4S/c1-6-28-21(20(26-22(28)29)18-9-7-8-10-25-18)16-11-15-14(2)13-23(3,4)27(5)19(15)12-17(16)24/h7-13,20-21H,6H2,1-5H3,(H,26,29)/t20-,21+/m1/s1. The minimum absolute atomic E-state index is 0.00626. The number of halogens is 1. The highest BCUT2D eigenvalue weighted by Crippen LogP contribution is 2.46. The molecule has 2 aliphatic heterocycles. The maximum Gasteiger partial charge on any atom is 0.170 e. The van der Waals surface area contributed by atoms with E-state index in [0.29, 0.717) is 0 Å². The van der Waals surface area contributed by atoms with Crippen LogP contribution in [0.1, 0.15) is 56.6 Å². The Bertz CT molecular complexity index is 986. The van der Waals surface area contributed by atoms with Crippen LogP contribution < -0.4 is 10.2 Å². The fourth-order valence-electron chi connectivity index (χ4n) is 4.50. The van der Waals surface area contributed by atoms with Crippen LogP contribution in [-0.4, -0.2) is 34.1 Å². The van der Waals surface area contributed by atoms with Crippen LogP contribution >= 0.6 is 23.8 Å². The van der Waals surface area contributed by atoms with Gasteiger partial charge in [-0.1, -0.05) is 23.7 Å². The summed E-state index contributed by atoms with van der Waals surface area (Å²) in [6, 6.07) is 10.3. The number of aromatic nitrogens is 1. The van der Waals surface area contributed by atoms with Crippen molar-refractivity contribution in [3.8, 4) is 0 Å². The Morgan fingerprint density at radius 1 is 1.28 bits per heavy atom. The van der Waals surface area contributed by atoms with Gasteiger partial charge in [0.1, 0.15) is 0 Å². The molecule has 0 amide bonds. The summed E-state index contributed by atoms with van der Waals surface area (Å²) in [5, 5.41) is 4.98. The van der Waals surface area contributed by atoms with Gasteiger partial charge in [0.25, 0.3) is 0 Å². The zero-order chi connectivity index (χ0) is 20.9. The molecule has 2 aromatic rings. The van der Waals surface area contributed by atoms with Crippen LogP contribution in [0.3, 0.4) is 0 Å². The van der Waals surface area contributed by atoms with Gasteiger partial charge in [-0.2, -0.15) is 0 Å². The first-order valence-electron chi connectivity index (χ1n) is 9.99. The van der Waals surface area contributed by atoms with Crippen molar-refractivity contribution in [1.29, 1.82) is 0 Å². The molecule has 1 aromatic heterocycles. The molecule has 4 nitrogen and oxygen atoms in total. The van der Waals surface area contributed by atoms with Crippen LogP contribution in [-0.2, 0) is 0 Å². The molecule has 0 saturated carbocycles. The lowest BCUT2D eigenvalue weighted by atomic mass is 9.86. The highest BCUT2D eigenvalue weighted by atomic mass is 35.5. The zero-order valence-corrected chi connectivity index (χ0v) is 19.1. The summed E-state index contributed by atoms with van der Waals surface area (Å²) in [5.74, 6) is 0. The average Bonchev–Trinajstić information content (AvgIpc) is 3.02. The Kier molecular flexibility index (Phi) is 5.07. The first-order valence-corrected chi connectivity index (χ1v) is 10.8. The van der Waals surface area contributed by atoms with Crippen molar-refractivity contribution < 1.29 is 0 Å². The van der Waals surface area contributed by atoms with E-state index in [0.717, 1.165) is 33.6 Å². The first-order chi connectivity index (χ1) is 13.7. The number of nitrogens with zero attached hydrogens (tertiary/aromatic N) is 3. The normalized spacial score (nSPS) is 23.0. The second-order valence-corrected chi connectivity index (χ2v) is 9.14. The van der Waals surface area contributed by atoms with E-state index in [-0.39, 0.29) is 17.6 Å². The number of rotatable bonds is 3. The van der Waals surface area contributed by atoms with Gasteiger partial charge in [0.15, 0.2) is 5.11 Å². The topological polar surface area (TPSA) is 31.4 Å². The quantitative estimate of drug-likeness (QED) is 0.668. The largest absolute Gasteiger partial charge is 0.365 e. The first kappa shape index (κ1) is 20.2. The fourth-order valence-corrected chi connectivity index (χ4v) is 5.14. The Labute approximate surface area is 183 Å². The molecule has 0 aliphatic carbocycles. The van der Waals surface area contributed by atoms with Gasteiger partial charge in [0, 0.05) is 36.1 Å². The van der Waals surface area contributed by atoms with Gasteiger partial charge in [0.05, 0.1) is 23.3 Å². The molecule has 152 valence electrons. The summed E-state index contributed by atoms with van der Waals surface area (Å²) in [4.78, 5) is 9.09. The third-order valence-corrected chi connectivity index (χ3v) is 6.87. The number of thiocarbonyl (C=S) groups is 1. The number of hydrogen-bond acceptors (Lipinski definition) is 3. The predicted molar refractivity (Wildman–Crippen MR) is 125 cm³/mol. The number of hydrogen-bond donors (Lipinski definition) is 1. The molecule has 4 rings (SSSR count). The van der Waals surface area contributed by atoms with Gasteiger partial charge in [0.2, 0.25) is 0 Å². The van der Waals surface area contributed by atoms with Crippen LogP contribution in [0.2, 0.25) is 5.02 Å². The molecule has 0 unspecified atom stereocenters. The fraction of sp³-hybridized carbons (Fsp3) is 0.391. The molecule has 1 fully saturated rings. The van der Waals surface area contributed by atoms with E-state index in [2.05, 4.69) is 73.1 Å².